The number of hydrogen-bond donors (Lipinski definition) is 2. The molecule has 2 aromatic heterocycles. The van der Waals surface area contributed by atoms with Gasteiger partial charge in [-0.2, -0.15) is 0 Å². The van der Waals surface area contributed by atoms with Gasteiger partial charge in [0.25, 0.3) is 0 Å². The second-order valence-electron chi connectivity index (χ2n) is 4.33. The van der Waals surface area contributed by atoms with Gasteiger partial charge in [-0.1, -0.05) is 6.92 Å². The molecule has 1 atom stereocenters. The Morgan fingerprint density at radius 1 is 1.50 bits per heavy atom. The van der Waals surface area contributed by atoms with Crippen molar-refractivity contribution in [3.8, 4) is 0 Å². The van der Waals surface area contributed by atoms with Gasteiger partial charge in [0.05, 0.1) is 0 Å². The van der Waals surface area contributed by atoms with Gasteiger partial charge in [0, 0.05) is 17.1 Å². The van der Waals surface area contributed by atoms with E-state index in [1.54, 1.807) is 13.8 Å². The number of hydrogen-bond acceptors (Lipinski definition) is 6. The third kappa shape index (κ3) is 2.75. The van der Waals surface area contributed by atoms with Crippen molar-refractivity contribution in [2.75, 3.05) is 5.75 Å². The fraction of sp³-hybridized carbons (Fsp3) is 0.333. The van der Waals surface area contributed by atoms with Crippen molar-refractivity contribution in [1.29, 1.82) is 0 Å². The number of nitrogens with zero attached hydrogens (tertiary/aromatic N) is 2. The molecule has 1 amide bonds. The van der Waals surface area contributed by atoms with Crippen molar-refractivity contribution in [2.24, 2.45) is 11.7 Å². The fourth-order valence-electron chi connectivity index (χ4n) is 1.64. The highest BCUT2D eigenvalue weighted by Crippen LogP contribution is 2.35. The van der Waals surface area contributed by atoms with E-state index >= 15 is 0 Å². The molecule has 2 aromatic rings. The lowest BCUT2D eigenvalue weighted by Gasteiger charge is -2.07. The number of fused-ring (bicyclic) bond motifs is 1. The van der Waals surface area contributed by atoms with E-state index in [0.29, 0.717) is 21.2 Å². The maximum atomic E-state index is 11.2. The van der Waals surface area contributed by atoms with Crippen LogP contribution in [0, 0.1) is 12.8 Å². The zero-order valence-corrected chi connectivity index (χ0v) is 12.5. The Balaban J connectivity index is 2.39. The third-order valence-electron chi connectivity index (χ3n) is 2.84. The topological polar surface area (TPSA) is 106 Å². The quantitative estimate of drug-likeness (QED) is 0.645. The molecule has 2 heterocycles. The van der Waals surface area contributed by atoms with E-state index < -0.39 is 5.97 Å². The first-order chi connectivity index (χ1) is 9.41. The molecule has 106 valence electrons. The van der Waals surface area contributed by atoms with Crippen molar-refractivity contribution in [3.05, 3.63) is 16.8 Å². The van der Waals surface area contributed by atoms with E-state index in [0.717, 1.165) is 16.7 Å². The number of primary amides is 1. The zero-order chi connectivity index (χ0) is 14.9. The van der Waals surface area contributed by atoms with Crippen LogP contribution in [0.5, 0.6) is 0 Å². The Labute approximate surface area is 123 Å². The van der Waals surface area contributed by atoms with Crippen LogP contribution in [-0.4, -0.2) is 32.7 Å². The summed E-state index contributed by atoms with van der Waals surface area (Å²) < 4.78 is 0. The first kappa shape index (κ1) is 14.7. The van der Waals surface area contributed by atoms with Gasteiger partial charge in [0.2, 0.25) is 5.91 Å². The molecule has 0 saturated heterocycles. The number of nitrogens with two attached hydrogens (primary N) is 1. The second kappa shape index (κ2) is 5.76. The van der Waals surface area contributed by atoms with Gasteiger partial charge >= 0.3 is 5.97 Å². The third-order valence-corrected chi connectivity index (χ3v) is 5.28. The Bertz CT molecular complexity index is 684. The minimum atomic E-state index is -0.966. The van der Waals surface area contributed by atoms with Crippen LogP contribution in [0.2, 0.25) is 0 Å². The molecule has 2 rings (SSSR count). The molecule has 6 nitrogen and oxygen atoms in total. The molecule has 1 unspecified atom stereocenters. The number of aromatic carboxylic acids is 1. The highest BCUT2D eigenvalue weighted by Gasteiger charge is 2.19. The molecular formula is C12H13N3O3S2. The number of amides is 1. The van der Waals surface area contributed by atoms with Crippen LogP contribution < -0.4 is 5.73 Å². The van der Waals surface area contributed by atoms with E-state index in [1.807, 2.05) is 0 Å². The lowest BCUT2D eigenvalue weighted by molar-refractivity contribution is -0.120. The van der Waals surface area contributed by atoms with Crippen molar-refractivity contribution in [3.63, 3.8) is 0 Å². The maximum absolute atomic E-state index is 11.2. The van der Waals surface area contributed by atoms with Gasteiger partial charge in [0.1, 0.15) is 21.1 Å². The average molecular weight is 311 g/mol. The standard InChI is InChI=1S/C12H13N3O3S2/c1-5(9(13)16)3-19-10-7-6(2)8(12(17)18)20-11(7)15-4-14-10/h4-5H,3H2,1-2H3,(H2,13,16)(H,17,18). The predicted molar refractivity (Wildman–Crippen MR) is 78.2 cm³/mol. The minimum Gasteiger partial charge on any atom is -0.477 e. The van der Waals surface area contributed by atoms with Crippen molar-refractivity contribution in [1.82, 2.24) is 9.97 Å². The van der Waals surface area contributed by atoms with E-state index in [4.69, 9.17) is 10.8 Å². The molecule has 0 radical (unpaired) electrons. The molecule has 3 N–H and O–H groups in total. The normalized spacial score (nSPS) is 12.5. The number of rotatable bonds is 5. The number of aromatic nitrogens is 2. The molecular weight excluding hydrogens is 298 g/mol. The summed E-state index contributed by atoms with van der Waals surface area (Å²) in [5, 5.41) is 10.6. The van der Waals surface area contributed by atoms with E-state index in [2.05, 4.69) is 9.97 Å². The van der Waals surface area contributed by atoms with Crippen LogP contribution in [0.3, 0.4) is 0 Å². The number of thiophene rings is 1. The molecule has 0 aliphatic rings. The summed E-state index contributed by atoms with van der Waals surface area (Å²) in [6.07, 6.45) is 1.40. The smallest absolute Gasteiger partial charge is 0.346 e. The van der Waals surface area contributed by atoms with Gasteiger partial charge in [-0.25, -0.2) is 14.8 Å². The van der Waals surface area contributed by atoms with Crippen LogP contribution in [0.4, 0.5) is 0 Å². The maximum Gasteiger partial charge on any atom is 0.346 e. The lowest BCUT2D eigenvalue weighted by Crippen LogP contribution is -2.22. The molecule has 20 heavy (non-hydrogen) atoms. The van der Waals surface area contributed by atoms with Crippen LogP contribution in [0.1, 0.15) is 22.2 Å². The van der Waals surface area contributed by atoms with Gasteiger partial charge in [-0.05, 0) is 12.5 Å². The highest BCUT2D eigenvalue weighted by atomic mass is 32.2. The first-order valence-corrected chi connectivity index (χ1v) is 7.61. The number of carboxylic acids is 1. The van der Waals surface area contributed by atoms with Gasteiger partial charge < -0.3 is 10.8 Å². The summed E-state index contributed by atoms with van der Waals surface area (Å²) in [5.74, 6) is -1.11. The Morgan fingerprint density at radius 3 is 2.80 bits per heavy atom. The number of carboxylic acid groups (broad SMARTS) is 1. The van der Waals surface area contributed by atoms with E-state index in [-0.39, 0.29) is 16.7 Å². The van der Waals surface area contributed by atoms with Crippen molar-refractivity contribution >= 4 is 45.2 Å². The molecule has 0 aliphatic carbocycles. The van der Waals surface area contributed by atoms with E-state index in [1.165, 1.54) is 18.1 Å². The molecule has 0 fully saturated rings. The molecule has 0 saturated carbocycles. The minimum absolute atomic E-state index is 0.269. The van der Waals surface area contributed by atoms with E-state index in [9.17, 15) is 9.59 Å². The molecule has 8 heteroatoms. The molecule has 0 bridgehead atoms. The monoisotopic (exact) mass is 311 g/mol. The lowest BCUT2D eigenvalue weighted by atomic mass is 10.2. The van der Waals surface area contributed by atoms with Crippen LogP contribution in [-0.2, 0) is 4.79 Å². The summed E-state index contributed by atoms with van der Waals surface area (Å²) in [7, 11) is 0. The summed E-state index contributed by atoms with van der Waals surface area (Å²) in [6.45, 7) is 3.49. The van der Waals surface area contributed by atoms with Crippen LogP contribution in [0.15, 0.2) is 11.4 Å². The Kier molecular flexibility index (Phi) is 4.24. The second-order valence-corrected chi connectivity index (χ2v) is 6.34. The summed E-state index contributed by atoms with van der Waals surface area (Å²) in [5.41, 5.74) is 5.89. The number of aryl methyl sites for hydroxylation is 1. The molecule has 0 aliphatic heterocycles. The van der Waals surface area contributed by atoms with Gasteiger partial charge in [-0.3, -0.25) is 4.79 Å². The highest BCUT2D eigenvalue weighted by molar-refractivity contribution is 7.99. The SMILES string of the molecule is Cc1c(C(=O)O)sc2ncnc(SCC(C)C(N)=O)c12. The fourth-order valence-corrected chi connectivity index (χ4v) is 3.78. The first-order valence-electron chi connectivity index (χ1n) is 5.81. The van der Waals surface area contributed by atoms with Gasteiger partial charge in [-0.15, -0.1) is 23.1 Å². The zero-order valence-electron chi connectivity index (χ0n) is 10.9. The van der Waals surface area contributed by atoms with Gasteiger partial charge in [0.15, 0.2) is 0 Å². The van der Waals surface area contributed by atoms with Crippen molar-refractivity contribution in [2.45, 2.75) is 18.9 Å². The molecule has 0 spiro atoms. The Morgan fingerprint density at radius 2 is 2.20 bits per heavy atom. The van der Waals surface area contributed by atoms with Crippen LogP contribution >= 0.6 is 23.1 Å². The largest absolute Gasteiger partial charge is 0.477 e. The van der Waals surface area contributed by atoms with Crippen molar-refractivity contribution < 1.29 is 14.7 Å². The summed E-state index contributed by atoms with van der Waals surface area (Å²) in [4.78, 5) is 31.4. The average Bonchev–Trinajstić information content (AvgIpc) is 2.74. The Hall–Kier alpha value is -1.67. The molecule has 0 aromatic carbocycles. The predicted octanol–water partition coefficient (Wildman–Crippen LogP) is 1.91. The summed E-state index contributed by atoms with van der Waals surface area (Å²) in [6, 6.07) is 0. The van der Waals surface area contributed by atoms with Crippen LogP contribution in [0.25, 0.3) is 10.2 Å². The summed E-state index contributed by atoms with van der Waals surface area (Å²) >= 11 is 2.52. The number of carbonyl (C=O) groups excluding carboxylic acids is 1. The number of thioether (sulfide) groups is 1. The number of carbonyl (C=O) groups is 2.